The van der Waals surface area contributed by atoms with Gasteiger partial charge in [0.05, 0.1) is 5.54 Å². The first-order chi connectivity index (χ1) is 10.6. The number of halogens is 1. The summed E-state index contributed by atoms with van der Waals surface area (Å²) < 4.78 is 6.36. The molecule has 0 fully saturated rings. The molecule has 0 bridgehead atoms. The summed E-state index contributed by atoms with van der Waals surface area (Å²) in [6, 6.07) is 5.96. The summed E-state index contributed by atoms with van der Waals surface area (Å²) in [5.41, 5.74) is 6.82. The van der Waals surface area contributed by atoms with Crippen molar-refractivity contribution in [2.24, 2.45) is 4.99 Å². The first-order valence-electron chi connectivity index (χ1n) is 7.37. The fourth-order valence-corrected chi connectivity index (χ4v) is 4.06. The number of nitrogens with one attached hydrogen (secondary N) is 1. The smallest absolute Gasteiger partial charge is 0.413 e. The molecule has 3 N–H and O–H groups in total. The van der Waals surface area contributed by atoms with E-state index in [9.17, 15) is 4.79 Å². The number of carbonyl (C=O) groups excluding carboxylic acids is 1. The van der Waals surface area contributed by atoms with Gasteiger partial charge in [-0.2, -0.15) is 0 Å². The van der Waals surface area contributed by atoms with Gasteiger partial charge < -0.3 is 10.5 Å². The molecule has 7 heteroatoms. The number of rotatable bonds is 1. The summed E-state index contributed by atoms with van der Waals surface area (Å²) in [4.78, 5) is 16.7. The molecule has 23 heavy (non-hydrogen) atoms. The highest BCUT2D eigenvalue weighted by Crippen LogP contribution is 2.36. The molecule has 2 rings (SSSR count). The molecule has 1 aliphatic heterocycles. The average Bonchev–Trinajstić information content (AvgIpc) is 2.35. The van der Waals surface area contributed by atoms with E-state index in [1.807, 2.05) is 32.9 Å². The quantitative estimate of drug-likeness (QED) is 0.502. The van der Waals surface area contributed by atoms with Gasteiger partial charge in [-0.3, -0.25) is 10.3 Å². The number of benzene rings is 1. The number of hydrogen-bond acceptors (Lipinski definition) is 5. The number of nitrogens with two attached hydrogens (primary N) is 1. The number of amidine groups is 1. The molecular formula is C16H22IN3O2S. The zero-order valence-corrected chi connectivity index (χ0v) is 16.7. The Bertz CT molecular complexity index is 622. The van der Waals surface area contributed by atoms with E-state index >= 15 is 0 Å². The SMILES string of the molecule is CC(C)(C)OC(=O)NC1=NC(C)(c2cc(N)cc(I)c2)CCS1. The normalized spacial score (nSPS) is 21.5. The van der Waals surface area contributed by atoms with Gasteiger partial charge in [0, 0.05) is 15.0 Å². The molecule has 1 aliphatic rings. The Morgan fingerprint density at radius 3 is 2.74 bits per heavy atom. The summed E-state index contributed by atoms with van der Waals surface area (Å²) in [5.74, 6) is 0.872. The van der Waals surface area contributed by atoms with E-state index in [2.05, 4.69) is 40.9 Å². The number of aliphatic imine (C=N–C) groups is 1. The largest absolute Gasteiger partial charge is 0.444 e. The third kappa shape index (κ3) is 5.27. The number of thioether (sulfide) groups is 1. The van der Waals surface area contributed by atoms with Crippen molar-refractivity contribution < 1.29 is 9.53 Å². The second-order valence-electron chi connectivity index (χ2n) is 6.69. The van der Waals surface area contributed by atoms with Crippen LogP contribution in [-0.2, 0) is 10.3 Å². The van der Waals surface area contributed by atoms with Crippen LogP contribution in [0.3, 0.4) is 0 Å². The second-order valence-corrected chi connectivity index (χ2v) is 9.02. The number of carbonyl (C=O) groups is 1. The molecule has 0 aromatic heterocycles. The van der Waals surface area contributed by atoms with Crippen LogP contribution in [-0.4, -0.2) is 22.6 Å². The zero-order chi connectivity index (χ0) is 17.3. The molecule has 5 nitrogen and oxygen atoms in total. The lowest BCUT2D eigenvalue weighted by Gasteiger charge is -2.31. The van der Waals surface area contributed by atoms with Crippen LogP contribution in [0.1, 0.15) is 39.7 Å². The number of ether oxygens (including phenoxy) is 1. The van der Waals surface area contributed by atoms with E-state index in [1.165, 1.54) is 11.8 Å². The predicted molar refractivity (Wildman–Crippen MR) is 105 cm³/mol. The monoisotopic (exact) mass is 447 g/mol. The lowest BCUT2D eigenvalue weighted by molar-refractivity contribution is 0.0564. The van der Waals surface area contributed by atoms with E-state index in [4.69, 9.17) is 15.5 Å². The maximum absolute atomic E-state index is 11.9. The van der Waals surface area contributed by atoms with Gasteiger partial charge in [0.2, 0.25) is 0 Å². The van der Waals surface area contributed by atoms with Crippen molar-refractivity contribution in [3.8, 4) is 0 Å². The van der Waals surface area contributed by atoms with Crippen molar-refractivity contribution in [1.29, 1.82) is 0 Å². The number of alkyl carbamates (subject to hydrolysis) is 1. The molecule has 0 spiro atoms. The number of amides is 1. The summed E-state index contributed by atoms with van der Waals surface area (Å²) in [6.45, 7) is 7.57. The first-order valence-corrected chi connectivity index (χ1v) is 9.43. The van der Waals surface area contributed by atoms with Crippen LogP contribution in [0.5, 0.6) is 0 Å². The van der Waals surface area contributed by atoms with Gasteiger partial charge in [-0.05, 0) is 80.5 Å². The maximum atomic E-state index is 11.9. The van der Waals surface area contributed by atoms with Crippen LogP contribution in [0.4, 0.5) is 10.5 Å². The minimum Gasteiger partial charge on any atom is -0.444 e. The molecule has 1 atom stereocenters. The van der Waals surface area contributed by atoms with Gasteiger partial charge in [0.1, 0.15) is 5.60 Å². The highest BCUT2D eigenvalue weighted by atomic mass is 127. The fourth-order valence-electron chi connectivity index (χ4n) is 2.25. The number of hydrogen-bond donors (Lipinski definition) is 2. The van der Waals surface area contributed by atoms with Crippen molar-refractivity contribution in [3.05, 3.63) is 27.3 Å². The van der Waals surface area contributed by atoms with Crippen molar-refractivity contribution in [3.63, 3.8) is 0 Å². The summed E-state index contributed by atoms with van der Waals surface area (Å²) >= 11 is 3.78. The van der Waals surface area contributed by atoms with Gasteiger partial charge in [0.15, 0.2) is 5.17 Å². The summed E-state index contributed by atoms with van der Waals surface area (Å²) in [5, 5.41) is 3.34. The van der Waals surface area contributed by atoms with Crippen molar-refractivity contribution in [2.75, 3.05) is 11.5 Å². The van der Waals surface area contributed by atoms with Gasteiger partial charge >= 0.3 is 6.09 Å². The Kier molecular flexibility index (Phi) is 5.50. The van der Waals surface area contributed by atoms with Crippen LogP contribution in [0.15, 0.2) is 23.2 Å². The van der Waals surface area contributed by atoms with Gasteiger partial charge in [-0.15, -0.1) is 0 Å². The van der Waals surface area contributed by atoms with Crippen molar-refractivity contribution in [2.45, 2.75) is 45.3 Å². The Balaban J connectivity index is 2.21. The Labute approximate surface area is 155 Å². The van der Waals surface area contributed by atoms with E-state index in [0.717, 1.165) is 27.0 Å². The molecule has 0 saturated heterocycles. The number of nitrogen functional groups attached to an aromatic ring is 1. The molecule has 0 saturated carbocycles. The highest BCUT2D eigenvalue weighted by molar-refractivity contribution is 14.1. The maximum Gasteiger partial charge on any atom is 0.413 e. The van der Waals surface area contributed by atoms with Gasteiger partial charge in [-0.1, -0.05) is 11.8 Å². The Morgan fingerprint density at radius 1 is 1.43 bits per heavy atom. The highest BCUT2D eigenvalue weighted by Gasteiger charge is 2.31. The average molecular weight is 447 g/mol. The Morgan fingerprint density at radius 2 is 2.13 bits per heavy atom. The third-order valence-electron chi connectivity index (χ3n) is 3.33. The molecule has 1 aromatic rings. The molecule has 1 aromatic carbocycles. The third-order valence-corrected chi connectivity index (χ3v) is 4.82. The van der Waals surface area contributed by atoms with E-state index in [1.54, 1.807) is 0 Å². The Hall–Kier alpha value is -0.960. The molecular weight excluding hydrogens is 425 g/mol. The molecule has 1 amide bonds. The molecule has 0 aliphatic carbocycles. The predicted octanol–water partition coefficient (Wildman–Crippen LogP) is 4.11. The molecule has 126 valence electrons. The standard InChI is InChI=1S/C16H22IN3O2S/c1-15(2,3)22-14(21)19-13-20-16(4,5-6-23-13)10-7-11(17)9-12(18)8-10/h7-9H,5-6,18H2,1-4H3,(H,19,20,21). The molecule has 1 heterocycles. The van der Waals surface area contributed by atoms with Crippen LogP contribution in [0, 0.1) is 3.57 Å². The van der Waals surface area contributed by atoms with Crippen molar-refractivity contribution >= 4 is 51.3 Å². The van der Waals surface area contributed by atoms with Crippen LogP contribution < -0.4 is 11.1 Å². The topological polar surface area (TPSA) is 76.7 Å². The lowest BCUT2D eigenvalue weighted by Crippen LogP contribution is -2.38. The number of nitrogens with zero attached hydrogens (tertiary/aromatic N) is 1. The lowest BCUT2D eigenvalue weighted by atomic mass is 9.89. The van der Waals surface area contributed by atoms with E-state index < -0.39 is 17.2 Å². The second kappa shape index (κ2) is 6.88. The van der Waals surface area contributed by atoms with Gasteiger partial charge in [0.25, 0.3) is 0 Å². The fraction of sp³-hybridized carbons (Fsp3) is 0.500. The minimum absolute atomic E-state index is 0.398. The van der Waals surface area contributed by atoms with Crippen LogP contribution >= 0.6 is 34.4 Å². The minimum atomic E-state index is -0.530. The van der Waals surface area contributed by atoms with Crippen LogP contribution in [0.2, 0.25) is 0 Å². The summed E-state index contributed by atoms with van der Waals surface area (Å²) in [7, 11) is 0. The van der Waals surface area contributed by atoms with Crippen molar-refractivity contribution in [1.82, 2.24) is 5.32 Å². The van der Waals surface area contributed by atoms with E-state index in [0.29, 0.717) is 5.17 Å². The van der Waals surface area contributed by atoms with Gasteiger partial charge in [-0.25, -0.2) is 4.79 Å². The number of anilines is 1. The summed E-state index contributed by atoms with van der Waals surface area (Å²) in [6.07, 6.45) is 0.409. The molecule has 1 unspecified atom stereocenters. The van der Waals surface area contributed by atoms with Crippen LogP contribution in [0.25, 0.3) is 0 Å². The molecule has 0 radical (unpaired) electrons. The van der Waals surface area contributed by atoms with E-state index in [-0.39, 0.29) is 0 Å². The first kappa shape index (κ1) is 18.4. The zero-order valence-electron chi connectivity index (χ0n) is 13.8.